The minimum Gasteiger partial charge on any atom is -0.490 e. The highest BCUT2D eigenvalue weighted by Crippen LogP contribution is 2.34. The van der Waals surface area contributed by atoms with E-state index in [1.807, 2.05) is 49.4 Å². The monoisotopic (exact) mass is 429 g/mol. The Kier molecular flexibility index (Phi) is 8.24. The van der Waals surface area contributed by atoms with Crippen molar-refractivity contribution < 1.29 is 9.47 Å². The highest BCUT2D eigenvalue weighted by atomic mass is 35.5. The summed E-state index contributed by atoms with van der Waals surface area (Å²) in [6, 6.07) is 21.8. The molecule has 0 saturated heterocycles. The van der Waals surface area contributed by atoms with Gasteiger partial charge < -0.3 is 14.8 Å². The van der Waals surface area contributed by atoms with Gasteiger partial charge in [-0.3, -0.25) is 0 Å². The first-order chi connectivity index (χ1) is 14.2. The second kappa shape index (κ2) is 11.1. The summed E-state index contributed by atoms with van der Waals surface area (Å²) in [4.78, 5) is 0. The van der Waals surface area contributed by atoms with Gasteiger partial charge in [0.1, 0.15) is 6.61 Å². The molecule has 0 bridgehead atoms. The third-order valence-electron chi connectivity index (χ3n) is 4.44. The maximum Gasteiger partial charge on any atom is 0.163 e. The highest BCUT2D eigenvalue weighted by molar-refractivity contribution is 6.31. The number of benzene rings is 3. The highest BCUT2D eigenvalue weighted by Gasteiger charge is 2.12. The molecular formula is C24H25Cl2NO2. The number of ether oxygens (including phenoxy) is 2. The van der Waals surface area contributed by atoms with Crippen LogP contribution in [0.2, 0.25) is 10.0 Å². The average molecular weight is 430 g/mol. The van der Waals surface area contributed by atoms with E-state index < -0.39 is 0 Å². The summed E-state index contributed by atoms with van der Waals surface area (Å²) in [6.45, 7) is 4.44. The first kappa shape index (κ1) is 21.5. The lowest BCUT2D eigenvalue weighted by Crippen LogP contribution is -2.17. The molecule has 0 atom stereocenters. The fourth-order valence-electron chi connectivity index (χ4n) is 2.98. The summed E-state index contributed by atoms with van der Waals surface area (Å²) in [6.07, 6.45) is 0.970. The second-order valence-corrected chi connectivity index (χ2v) is 7.50. The third-order valence-corrected chi connectivity index (χ3v) is 5.03. The van der Waals surface area contributed by atoms with Gasteiger partial charge in [-0.2, -0.15) is 0 Å². The van der Waals surface area contributed by atoms with Gasteiger partial charge in [-0.05, 0) is 54.8 Å². The van der Waals surface area contributed by atoms with Gasteiger partial charge in [0.15, 0.2) is 11.5 Å². The smallest absolute Gasteiger partial charge is 0.163 e. The normalized spacial score (nSPS) is 10.7. The van der Waals surface area contributed by atoms with Gasteiger partial charge in [0.2, 0.25) is 0 Å². The van der Waals surface area contributed by atoms with Crippen LogP contribution in [0.3, 0.4) is 0 Å². The summed E-state index contributed by atoms with van der Waals surface area (Å²) in [7, 11) is 0. The van der Waals surface area contributed by atoms with Crippen LogP contribution in [0.4, 0.5) is 0 Å². The summed E-state index contributed by atoms with van der Waals surface area (Å²) in [5, 5.41) is 4.79. The standard InChI is InChI=1S/C24H25Cl2NO2/c1-2-28-23-14-20(16-27-12-11-18-7-4-3-5-8-18)22(26)15-24(23)29-17-19-9-6-10-21(25)13-19/h3-10,13-15,27H,2,11-12,16-17H2,1H3. The fourth-order valence-corrected chi connectivity index (χ4v) is 3.42. The molecule has 3 nitrogen and oxygen atoms in total. The van der Waals surface area contributed by atoms with E-state index in [2.05, 4.69) is 29.6 Å². The number of rotatable bonds is 10. The minimum atomic E-state index is 0.394. The molecule has 0 unspecified atom stereocenters. The van der Waals surface area contributed by atoms with Crippen molar-refractivity contribution >= 4 is 23.2 Å². The van der Waals surface area contributed by atoms with Crippen molar-refractivity contribution in [3.63, 3.8) is 0 Å². The Hall–Kier alpha value is -2.20. The van der Waals surface area contributed by atoms with Gasteiger partial charge in [-0.15, -0.1) is 0 Å². The Bertz CT molecular complexity index is 916. The van der Waals surface area contributed by atoms with Crippen molar-refractivity contribution in [1.29, 1.82) is 0 Å². The maximum absolute atomic E-state index is 6.51. The van der Waals surface area contributed by atoms with Gasteiger partial charge in [-0.1, -0.05) is 65.7 Å². The fraction of sp³-hybridized carbons (Fsp3) is 0.250. The van der Waals surface area contributed by atoms with Crippen LogP contribution < -0.4 is 14.8 Å². The Morgan fingerprint density at radius 3 is 2.34 bits per heavy atom. The number of hydrogen-bond acceptors (Lipinski definition) is 3. The average Bonchev–Trinajstić information content (AvgIpc) is 2.73. The van der Waals surface area contributed by atoms with E-state index in [0.717, 1.165) is 24.1 Å². The molecule has 152 valence electrons. The molecule has 0 aliphatic heterocycles. The van der Waals surface area contributed by atoms with Crippen LogP contribution in [0.15, 0.2) is 66.7 Å². The maximum atomic E-state index is 6.51. The van der Waals surface area contributed by atoms with Crippen molar-refractivity contribution in [3.8, 4) is 11.5 Å². The van der Waals surface area contributed by atoms with Crippen LogP contribution in [-0.2, 0) is 19.6 Å². The van der Waals surface area contributed by atoms with E-state index in [9.17, 15) is 0 Å². The van der Waals surface area contributed by atoms with E-state index in [0.29, 0.717) is 41.3 Å². The molecule has 0 fully saturated rings. The van der Waals surface area contributed by atoms with E-state index in [1.165, 1.54) is 5.56 Å². The molecule has 3 rings (SSSR count). The van der Waals surface area contributed by atoms with Crippen molar-refractivity contribution in [3.05, 3.63) is 93.5 Å². The molecule has 0 spiro atoms. The summed E-state index contributed by atoms with van der Waals surface area (Å²) < 4.78 is 11.7. The van der Waals surface area contributed by atoms with Crippen LogP contribution in [0, 0.1) is 0 Å². The molecule has 0 saturated carbocycles. The van der Waals surface area contributed by atoms with Crippen molar-refractivity contribution in [2.24, 2.45) is 0 Å². The number of halogens is 2. The molecule has 1 N–H and O–H groups in total. The van der Waals surface area contributed by atoms with Gasteiger partial charge in [-0.25, -0.2) is 0 Å². The van der Waals surface area contributed by atoms with E-state index in [1.54, 1.807) is 0 Å². The largest absolute Gasteiger partial charge is 0.490 e. The Balaban J connectivity index is 1.62. The molecule has 0 aromatic heterocycles. The minimum absolute atomic E-state index is 0.394. The Labute approximate surface area is 182 Å². The quantitative estimate of drug-likeness (QED) is 0.383. The van der Waals surface area contributed by atoms with Crippen molar-refractivity contribution in [2.75, 3.05) is 13.2 Å². The SMILES string of the molecule is CCOc1cc(CNCCc2ccccc2)c(Cl)cc1OCc1cccc(Cl)c1. The molecule has 0 amide bonds. The van der Waals surface area contributed by atoms with Gasteiger partial charge in [0, 0.05) is 22.7 Å². The van der Waals surface area contributed by atoms with Crippen LogP contribution in [-0.4, -0.2) is 13.2 Å². The molecule has 5 heteroatoms. The Morgan fingerprint density at radius 1 is 0.828 bits per heavy atom. The predicted octanol–water partition coefficient (Wildman–Crippen LogP) is 6.30. The van der Waals surface area contributed by atoms with E-state index in [4.69, 9.17) is 32.7 Å². The van der Waals surface area contributed by atoms with Crippen LogP contribution >= 0.6 is 23.2 Å². The zero-order valence-corrected chi connectivity index (χ0v) is 18.0. The third kappa shape index (κ3) is 6.67. The first-order valence-electron chi connectivity index (χ1n) is 9.73. The molecule has 0 heterocycles. The first-order valence-corrected chi connectivity index (χ1v) is 10.5. The van der Waals surface area contributed by atoms with Crippen LogP contribution in [0.25, 0.3) is 0 Å². The molecule has 3 aromatic rings. The molecule has 29 heavy (non-hydrogen) atoms. The molecule has 3 aromatic carbocycles. The Morgan fingerprint density at radius 2 is 1.59 bits per heavy atom. The lowest BCUT2D eigenvalue weighted by atomic mass is 10.1. The molecular weight excluding hydrogens is 405 g/mol. The van der Waals surface area contributed by atoms with Crippen molar-refractivity contribution in [2.45, 2.75) is 26.5 Å². The van der Waals surface area contributed by atoms with Gasteiger partial charge in [0.05, 0.1) is 6.61 Å². The summed E-state index contributed by atoms with van der Waals surface area (Å²) in [5.41, 5.74) is 3.28. The van der Waals surface area contributed by atoms with Gasteiger partial charge >= 0.3 is 0 Å². The van der Waals surface area contributed by atoms with E-state index >= 15 is 0 Å². The molecule has 0 aliphatic carbocycles. The molecule has 0 radical (unpaired) electrons. The zero-order chi connectivity index (χ0) is 20.5. The van der Waals surface area contributed by atoms with Crippen LogP contribution in [0.5, 0.6) is 11.5 Å². The second-order valence-electron chi connectivity index (χ2n) is 6.65. The predicted molar refractivity (Wildman–Crippen MR) is 120 cm³/mol. The lowest BCUT2D eigenvalue weighted by Gasteiger charge is -2.15. The number of nitrogens with one attached hydrogen (secondary N) is 1. The summed E-state index contributed by atoms with van der Waals surface area (Å²) >= 11 is 12.6. The topological polar surface area (TPSA) is 30.5 Å². The van der Waals surface area contributed by atoms with Crippen molar-refractivity contribution in [1.82, 2.24) is 5.32 Å². The molecule has 0 aliphatic rings. The lowest BCUT2D eigenvalue weighted by molar-refractivity contribution is 0.269. The van der Waals surface area contributed by atoms with E-state index in [-0.39, 0.29) is 0 Å². The van der Waals surface area contributed by atoms with Gasteiger partial charge in [0.25, 0.3) is 0 Å². The number of hydrogen-bond donors (Lipinski definition) is 1. The van der Waals surface area contributed by atoms with Crippen LogP contribution in [0.1, 0.15) is 23.6 Å². The summed E-state index contributed by atoms with van der Waals surface area (Å²) in [5.74, 6) is 1.32. The zero-order valence-electron chi connectivity index (χ0n) is 16.5.